The molecule has 3 rings (SSSR count). The highest BCUT2D eigenvalue weighted by molar-refractivity contribution is 7.93. The Kier molecular flexibility index (Phi) is 9.36. The summed E-state index contributed by atoms with van der Waals surface area (Å²) in [5, 5.41) is 11.8. The smallest absolute Gasteiger partial charge is 0.407 e. The van der Waals surface area contributed by atoms with Gasteiger partial charge in [-0.2, -0.15) is 5.26 Å². The number of anilines is 1. The van der Waals surface area contributed by atoms with Gasteiger partial charge in [0.05, 0.1) is 28.2 Å². The molecule has 13 heteroatoms. The maximum absolute atomic E-state index is 14.8. The van der Waals surface area contributed by atoms with Crippen molar-refractivity contribution in [2.75, 3.05) is 11.3 Å². The number of benzene rings is 2. The Hall–Kier alpha value is -4.18. The molecule has 0 spiro atoms. The van der Waals surface area contributed by atoms with E-state index in [2.05, 4.69) is 15.0 Å². The van der Waals surface area contributed by atoms with Gasteiger partial charge in [-0.15, -0.1) is 0 Å². The van der Waals surface area contributed by atoms with E-state index in [1.807, 2.05) is 0 Å². The van der Waals surface area contributed by atoms with Crippen LogP contribution < -0.4 is 20.3 Å². The standard InChI is InChI=1S/C27H32FN5O6S/c1-6-17(2)40(36,37)32-23-11-9-21(28)24(20(23)15-29)38-18-8-10-22-19(14-18)25(34)33(16-31-22)13-7-12-30-26(35)39-27(3,4)5/h8-11,14,16-17,32H,6-7,12-13H2,1-5H3,(H,30,35). The van der Waals surface area contributed by atoms with Gasteiger partial charge in [-0.05, 0) is 70.9 Å². The lowest BCUT2D eigenvalue weighted by atomic mass is 10.1. The first kappa shape index (κ1) is 30.4. The molecule has 1 aromatic heterocycles. The molecule has 0 saturated carbocycles. The maximum atomic E-state index is 14.8. The zero-order valence-electron chi connectivity index (χ0n) is 22.9. The minimum Gasteiger partial charge on any atom is -0.453 e. The number of fused-ring (bicyclic) bond motifs is 1. The van der Waals surface area contributed by atoms with Gasteiger partial charge in [0, 0.05) is 13.1 Å². The number of rotatable bonds is 10. The molecular weight excluding hydrogens is 541 g/mol. The lowest BCUT2D eigenvalue weighted by molar-refractivity contribution is 0.0526. The molecule has 0 saturated heterocycles. The lowest BCUT2D eigenvalue weighted by Crippen LogP contribution is -2.33. The van der Waals surface area contributed by atoms with Gasteiger partial charge in [0.25, 0.3) is 5.56 Å². The second-order valence-corrected chi connectivity index (χ2v) is 12.2. The second kappa shape index (κ2) is 12.3. The zero-order valence-corrected chi connectivity index (χ0v) is 23.8. The predicted molar refractivity (Wildman–Crippen MR) is 148 cm³/mol. The molecule has 0 fully saturated rings. The second-order valence-electron chi connectivity index (χ2n) is 10.1. The lowest BCUT2D eigenvalue weighted by Gasteiger charge is -2.19. The fraction of sp³-hybridized carbons (Fsp3) is 0.407. The number of aromatic nitrogens is 2. The summed E-state index contributed by atoms with van der Waals surface area (Å²) in [4.78, 5) is 29.2. The number of carbonyl (C=O) groups excluding carboxylic acids is 1. The Bertz CT molecular complexity index is 1610. The molecule has 2 aromatic carbocycles. The van der Waals surface area contributed by atoms with Gasteiger partial charge in [-0.25, -0.2) is 22.6 Å². The van der Waals surface area contributed by atoms with Gasteiger partial charge < -0.3 is 14.8 Å². The number of halogens is 1. The van der Waals surface area contributed by atoms with Crippen molar-refractivity contribution in [1.82, 2.24) is 14.9 Å². The maximum Gasteiger partial charge on any atom is 0.407 e. The summed E-state index contributed by atoms with van der Waals surface area (Å²) in [7, 11) is -3.82. The molecule has 214 valence electrons. The molecule has 0 radical (unpaired) electrons. The highest BCUT2D eigenvalue weighted by Gasteiger charge is 2.23. The van der Waals surface area contributed by atoms with Crippen molar-refractivity contribution in [1.29, 1.82) is 5.26 Å². The molecular formula is C27H32FN5O6S. The summed E-state index contributed by atoms with van der Waals surface area (Å²) in [6.45, 7) is 9.02. The molecule has 0 aliphatic carbocycles. The minimum absolute atomic E-state index is 0.0491. The predicted octanol–water partition coefficient (Wildman–Crippen LogP) is 4.65. The van der Waals surface area contributed by atoms with Crippen molar-refractivity contribution in [3.63, 3.8) is 0 Å². The first-order valence-electron chi connectivity index (χ1n) is 12.6. The SMILES string of the molecule is CCC(C)S(=O)(=O)Nc1ccc(F)c(Oc2ccc3ncn(CCCNC(=O)OC(C)(C)C)c(=O)c3c2)c1C#N. The molecule has 1 atom stereocenters. The Morgan fingerprint density at radius 3 is 2.62 bits per heavy atom. The molecule has 2 N–H and O–H groups in total. The van der Waals surface area contributed by atoms with Gasteiger partial charge in [-0.3, -0.25) is 14.1 Å². The van der Waals surface area contributed by atoms with Crippen LogP contribution in [-0.2, 0) is 21.3 Å². The fourth-order valence-corrected chi connectivity index (χ4v) is 4.68. The summed E-state index contributed by atoms with van der Waals surface area (Å²) in [5.74, 6) is -1.32. The van der Waals surface area contributed by atoms with E-state index in [9.17, 15) is 27.7 Å². The van der Waals surface area contributed by atoms with Crippen molar-refractivity contribution in [2.24, 2.45) is 0 Å². The van der Waals surface area contributed by atoms with E-state index in [1.54, 1.807) is 33.8 Å². The van der Waals surface area contributed by atoms with Crippen LogP contribution in [0.4, 0.5) is 14.9 Å². The quantitative estimate of drug-likeness (QED) is 0.332. The van der Waals surface area contributed by atoms with Crippen LogP contribution in [-0.4, -0.2) is 41.5 Å². The summed E-state index contributed by atoms with van der Waals surface area (Å²) < 4.78 is 54.4. The fourth-order valence-electron chi connectivity index (χ4n) is 3.56. The van der Waals surface area contributed by atoms with Crippen LogP contribution >= 0.6 is 0 Å². The van der Waals surface area contributed by atoms with Crippen molar-refractivity contribution in [3.8, 4) is 17.6 Å². The van der Waals surface area contributed by atoms with Crippen LogP contribution in [0, 0.1) is 17.1 Å². The Balaban J connectivity index is 1.83. The van der Waals surface area contributed by atoms with Crippen molar-refractivity contribution in [3.05, 3.63) is 58.4 Å². The van der Waals surface area contributed by atoms with Gasteiger partial charge in [-0.1, -0.05) is 6.92 Å². The van der Waals surface area contributed by atoms with Crippen LogP contribution in [0.2, 0.25) is 0 Å². The minimum atomic E-state index is -3.82. The third-order valence-electron chi connectivity index (χ3n) is 5.84. The Morgan fingerprint density at radius 1 is 1.25 bits per heavy atom. The monoisotopic (exact) mass is 573 g/mol. The zero-order chi connectivity index (χ0) is 29.7. The largest absolute Gasteiger partial charge is 0.453 e. The Labute approximate surface area is 232 Å². The van der Waals surface area contributed by atoms with E-state index >= 15 is 0 Å². The van der Waals surface area contributed by atoms with Crippen LogP contribution in [0.3, 0.4) is 0 Å². The number of carbonyl (C=O) groups is 1. The van der Waals surface area contributed by atoms with E-state index < -0.39 is 38.5 Å². The molecule has 1 heterocycles. The molecule has 11 nitrogen and oxygen atoms in total. The van der Waals surface area contributed by atoms with Crippen LogP contribution in [0.25, 0.3) is 10.9 Å². The number of nitrogens with zero attached hydrogens (tertiary/aromatic N) is 3. The number of ether oxygens (including phenoxy) is 2. The normalized spacial score (nSPS) is 12.4. The van der Waals surface area contributed by atoms with E-state index in [0.29, 0.717) is 18.4 Å². The van der Waals surface area contributed by atoms with E-state index in [4.69, 9.17) is 9.47 Å². The first-order valence-corrected chi connectivity index (χ1v) is 14.2. The highest BCUT2D eigenvalue weighted by Crippen LogP contribution is 2.34. The molecule has 0 bridgehead atoms. The average Bonchev–Trinajstić information content (AvgIpc) is 2.88. The van der Waals surface area contributed by atoms with Crippen LogP contribution in [0.1, 0.15) is 53.0 Å². The first-order chi connectivity index (χ1) is 18.8. The highest BCUT2D eigenvalue weighted by atomic mass is 32.2. The summed E-state index contributed by atoms with van der Waals surface area (Å²) >= 11 is 0. The molecule has 0 aliphatic rings. The van der Waals surface area contributed by atoms with E-state index in [1.165, 1.54) is 36.0 Å². The molecule has 1 amide bonds. The third-order valence-corrected chi connectivity index (χ3v) is 7.73. The third kappa shape index (κ3) is 7.47. The summed E-state index contributed by atoms with van der Waals surface area (Å²) in [5.41, 5.74) is -1.10. The van der Waals surface area contributed by atoms with Crippen molar-refractivity contribution < 1.29 is 27.1 Å². The molecule has 0 aliphatic heterocycles. The number of nitrogens with one attached hydrogen (secondary N) is 2. The number of alkyl carbamates (subject to hydrolysis) is 1. The molecule has 40 heavy (non-hydrogen) atoms. The van der Waals surface area contributed by atoms with E-state index in [-0.39, 0.29) is 41.0 Å². The van der Waals surface area contributed by atoms with Gasteiger partial charge in [0.15, 0.2) is 11.6 Å². The number of sulfonamides is 1. The molecule has 3 aromatic rings. The van der Waals surface area contributed by atoms with Gasteiger partial charge in [0.1, 0.15) is 23.0 Å². The van der Waals surface area contributed by atoms with Crippen LogP contribution in [0.15, 0.2) is 41.5 Å². The number of nitriles is 1. The van der Waals surface area contributed by atoms with Gasteiger partial charge >= 0.3 is 6.09 Å². The number of hydrogen-bond donors (Lipinski definition) is 2. The number of aryl methyl sites for hydroxylation is 1. The average molecular weight is 574 g/mol. The summed E-state index contributed by atoms with van der Waals surface area (Å²) in [6, 6.07) is 8.29. The van der Waals surface area contributed by atoms with Crippen molar-refractivity contribution >= 4 is 32.7 Å². The van der Waals surface area contributed by atoms with Gasteiger partial charge in [0.2, 0.25) is 10.0 Å². The van der Waals surface area contributed by atoms with Crippen LogP contribution in [0.5, 0.6) is 11.5 Å². The number of hydrogen-bond acceptors (Lipinski definition) is 8. The van der Waals surface area contributed by atoms with E-state index in [0.717, 1.165) is 12.1 Å². The van der Waals surface area contributed by atoms with Crippen molar-refractivity contribution in [2.45, 2.75) is 64.9 Å². The number of amides is 1. The topological polar surface area (TPSA) is 152 Å². The Morgan fingerprint density at radius 2 is 1.98 bits per heavy atom. The molecule has 1 unspecified atom stereocenters. The summed E-state index contributed by atoms with van der Waals surface area (Å²) in [6.07, 6.45) is 1.60.